The number of rotatable bonds is 4. The Labute approximate surface area is 177 Å². The van der Waals surface area contributed by atoms with Crippen LogP contribution in [0.5, 0.6) is 0 Å². The number of carbonyl (C=O) groups is 2. The van der Waals surface area contributed by atoms with Crippen LogP contribution in [0.4, 0.5) is 0 Å². The van der Waals surface area contributed by atoms with Gasteiger partial charge in [-0.1, -0.05) is 24.6 Å². The maximum atomic E-state index is 13.6. The maximum absolute atomic E-state index is 13.6. The second kappa shape index (κ2) is 7.87. The Hall–Kier alpha value is -1.67. The van der Waals surface area contributed by atoms with Gasteiger partial charge < -0.3 is 0 Å². The molecule has 2 aliphatic carbocycles. The Morgan fingerprint density at radius 3 is 2.62 bits per heavy atom. The van der Waals surface area contributed by atoms with Crippen LogP contribution in [0.2, 0.25) is 0 Å². The molecule has 0 spiro atoms. The van der Waals surface area contributed by atoms with E-state index in [4.69, 9.17) is 4.98 Å². The second-order valence-electron chi connectivity index (χ2n) is 8.23. The molecule has 0 atom stereocenters. The van der Waals surface area contributed by atoms with E-state index in [1.54, 1.807) is 11.3 Å². The highest BCUT2D eigenvalue weighted by Gasteiger charge is 2.29. The van der Waals surface area contributed by atoms with Gasteiger partial charge in [-0.2, -0.15) is 0 Å². The van der Waals surface area contributed by atoms with E-state index in [1.807, 2.05) is 4.57 Å². The highest BCUT2D eigenvalue weighted by molar-refractivity contribution is 7.99. The number of fused-ring (bicyclic) bond motifs is 3. The van der Waals surface area contributed by atoms with Gasteiger partial charge in [-0.3, -0.25) is 23.9 Å². The molecule has 0 N–H and O–H groups in total. The molecule has 6 nitrogen and oxygen atoms in total. The summed E-state index contributed by atoms with van der Waals surface area (Å²) in [6.45, 7) is 0.512. The minimum atomic E-state index is -0.171. The Balaban J connectivity index is 1.52. The summed E-state index contributed by atoms with van der Waals surface area (Å²) in [4.78, 5) is 46.4. The van der Waals surface area contributed by atoms with Gasteiger partial charge in [0.05, 0.1) is 11.1 Å². The number of aryl methyl sites for hydroxylation is 2. The van der Waals surface area contributed by atoms with Crippen LogP contribution < -0.4 is 5.56 Å². The SMILES string of the molecule is O=C1CCCN1C(=O)CSc1nc2sc3c(c2c(=O)n1C1CCCC1)CCCC3. The first-order valence-corrected chi connectivity index (χ1v) is 12.5. The van der Waals surface area contributed by atoms with Crippen LogP contribution in [-0.2, 0) is 22.4 Å². The van der Waals surface area contributed by atoms with E-state index in [0.29, 0.717) is 18.1 Å². The summed E-state index contributed by atoms with van der Waals surface area (Å²) >= 11 is 2.97. The number of carbonyl (C=O) groups excluding carboxylic acids is 2. The van der Waals surface area contributed by atoms with Crippen molar-refractivity contribution >= 4 is 45.1 Å². The number of likely N-dealkylation sites (tertiary alicyclic amines) is 1. The smallest absolute Gasteiger partial charge is 0.263 e. The predicted molar refractivity (Wildman–Crippen MR) is 115 cm³/mol. The molecule has 0 bridgehead atoms. The first kappa shape index (κ1) is 19.3. The molecule has 5 rings (SSSR count). The average Bonchev–Trinajstić information content (AvgIpc) is 3.45. The lowest BCUT2D eigenvalue weighted by Gasteiger charge is -2.19. The van der Waals surface area contributed by atoms with Gasteiger partial charge in [-0.15, -0.1) is 11.3 Å². The van der Waals surface area contributed by atoms with Crippen molar-refractivity contribution in [3.63, 3.8) is 0 Å². The van der Waals surface area contributed by atoms with Gasteiger partial charge >= 0.3 is 0 Å². The lowest BCUT2D eigenvalue weighted by molar-refractivity contribution is -0.140. The van der Waals surface area contributed by atoms with Gasteiger partial charge in [-0.25, -0.2) is 4.98 Å². The fourth-order valence-corrected chi connectivity index (χ4v) is 7.15. The summed E-state index contributed by atoms with van der Waals surface area (Å²) < 4.78 is 1.88. The van der Waals surface area contributed by atoms with E-state index < -0.39 is 0 Å². The molecule has 1 aliphatic heterocycles. The Morgan fingerprint density at radius 2 is 1.86 bits per heavy atom. The number of thioether (sulfide) groups is 1. The third-order valence-electron chi connectivity index (χ3n) is 6.38. The van der Waals surface area contributed by atoms with Gasteiger partial charge in [0, 0.05) is 23.9 Å². The van der Waals surface area contributed by atoms with Crippen molar-refractivity contribution in [1.29, 1.82) is 0 Å². The van der Waals surface area contributed by atoms with Gasteiger partial charge in [0.1, 0.15) is 4.83 Å². The van der Waals surface area contributed by atoms with E-state index in [-0.39, 0.29) is 29.2 Å². The molecule has 1 saturated heterocycles. The number of nitrogens with zero attached hydrogens (tertiary/aromatic N) is 3. The van der Waals surface area contributed by atoms with Crippen molar-refractivity contribution in [2.24, 2.45) is 0 Å². The molecule has 8 heteroatoms. The van der Waals surface area contributed by atoms with E-state index in [1.165, 1.54) is 33.5 Å². The summed E-state index contributed by atoms with van der Waals surface area (Å²) in [6.07, 6.45) is 9.76. The number of amides is 2. The highest BCUT2D eigenvalue weighted by Crippen LogP contribution is 2.37. The highest BCUT2D eigenvalue weighted by atomic mass is 32.2. The first-order valence-electron chi connectivity index (χ1n) is 10.7. The molecule has 1 saturated carbocycles. The number of hydrogen-bond acceptors (Lipinski definition) is 6. The molecule has 2 fully saturated rings. The topological polar surface area (TPSA) is 72.3 Å². The van der Waals surface area contributed by atoms with E-state index >= 15 is 0 Å². The maximum Gasteiger partial charge on any atom is 0.263 e. The Bertz CT molecular complexity index is 1040. The minimum absolute atomic E-state index is 0.0773. The Kier molecular flexibility index (Phi) is 5.24. The normalized spacial score (nSPS) is 20.0. The molecular weight excluding hydrogens is 406 g/mol. The summed E-state index contributed by atoms with van der Waals surface area (Å²) in [5, 5.41) is 1.47. The number of aromatic nitrogens is 2. The fraction of sp³-hybridized carbons (Fsp3) is 0.619. The van der Waals surface area contributed by atoms with Crippen LogP contribution in [0.25, 0.3) is 10.2 Å². The van der Waals surface area contributed by atoms with E-state index in [9.17, 15) is 14.4 Å². The van der Waals surface area contributed by atoms with Gasteiger partial charge in [0.15, 0.2) is 5.16 Å². The average molecular weight is 432 g/mol. The van der Waals surface area contributed by atoms with Crippen LogP contribution in [0.15, 0.2) is 9.95 Å². The molecule has 2 aromatic heterocycles. The van der Waals surface area contributed by atoms with Crippen molar-refractivity contribution in [1.82, 2.24) is 14.5 Å². The predicted octanol–water partition coefficient (Wildman–Crippen LogP) is 3.69. The zero-order chi connectivity index (χ0) is 20.0. The van der Waals surface area contributed by atoms with Gasteiger partial charge in [0.25, 0.3) is 5.56 Å². The lowest BCUT2D eigenvalue weighted by atomic mass is 9.97. The first-order chi connectivity index (χ1) is 14.1. The molecule has 2 amide bonds. The second-order valence-corrected chi connectivity index (χ2v) is 10.3. The zero-order valence-electron chi connectivity index (χ0n) is 16.4. The standard InChI is InChI=1S/C21H25N3O3S2/c25-16-10-5-11-23(16)17(26)12-28-21-22-19-18(14-8-3-4-9-15(14)29-19)20(27)24(21)13-6-1-2-7-13/h13H,1-12H2. The molecule has 154 valence electrons. The van der Waals surface area contributed by atoms with Crippen molar-refractivity contribution in [2.45, 2.75) is 75.4 Å². The van der Waals surface area contributed by atoms with Crippen LogP contribution in [0, 0.1) is 0 Å². The van der Waals surface area contributed by atoms with E-state index in [2.05, 4.69) is 0 Å². The summed E-state index contributed by atoms with van der Waals surface area (Å²) in [7, 11) is 0. The third kappa shape index (κ3) is 3.44. The lowest BCUT2D eigenvalue weighted by Crippen LogP contribution is -2.33. The fourth-order valence-electron chi connectivity index (χ4n) is 4.90. The number of thiophene rings is 1. The molecule has 3 aliphatic rings. The summed E-state index contributed by atoms with van der Waals surface area (Å²) in [5.74, 6) is -0.102. The van der Waals surface area contributed by atoms with Crippen molar-refractivity contribution < 1.29 is 9.59 Å². The number of imide groups is 1. The number of hydrogen-bond donors (Lipinski definition) is 0. The molecular formula is C21H25N3O3S2. The van der Waals surface area contributed by atoms with Gasteiger partial charge in [-0.05, 0) is 50.5 Å². The third-order valence-corrected chi connectivity index (χ3v) is 8.50. The van der Waals surface area contributed by atoms with Gasteiger partial charge in [0.2, 0.25) is 11.8 Å². The zero-order valence-corrected chi connectivity index (χ0v) is 18.1. The van der Waals surface area contributed by atoms with Crippen molar-refractivity contribution in [2.75, 3.05) is 12.3 Å². The molecule has 29 heavy (non-hydrogen) atoms. The van der Waals surface area contributed by atoms with Crippen molar-refractivity contribution in [3.05, 3.63) is 20.8 Å². The van der Waals surface area contributed by atoms with Crippen LogP contribution >= 0.6 is 23.1 Å². The van der Waals surface area contributed by atoms with Crippen LogP contribution in [0.3, 0.4) is 0 Å². The Morgan fingerprint density at radius 1 is 1.07 bits per heavy atom. The van der Waals surface area contributed by atoms with Crippen LogP contribution in [0.1, 0.15) is 67.8 Å². The molecule has 0 aromatic carbocycles. The minimum Gasteiger partial charge on any atom is -0.284 e. The quantitative estimate of drug-likeness (QED) is 0.545. The molecule has 0 radical (unpaired) electrons. The molecule has 3 heterocycles. The monoisotopic (exact) mass is 431 g/mol. The summed E-state index contributed by atoms with van der Waals surface area (Å²) in [6, 6.07) is 0.171. The van der Waals surface area contributed by atoms with Crippen molar-refractivity contribution in [3.8, 4) is 0 Å². The largest absolute Gasteiger partial charge is 0.284 e. The molecule has 2 aromatic rings. The van der Waals surface area contributed by atoms with Crippen LogP contribution in [-0.4, -0.2) is 38.6 Å². The summed E-state index contributed by atoms with van der Waals surface area (Å²) in [5.41, 5.74) is 1.30. The molecule has 0 unspecified atom stereocenters. The van der Waals surface area contributed by atoms with E-state index in [0.717, 1.165) is 61.6 Å².